The molecule has 7 heteroatoms. The van der Waals surface area contributed by atoms with Gasteiger partial charge in [0, 0.05) is 0 Å². The van der Waals surface area contributed by atoms with Crippen LogP contribution in [0.2, 0.25) is 0 Å². The van der Waals surface area contributed by atoms with Crippen molar-refractivity contribution in [3.05, 3.63) is 66.4 Å². The molecule has 0 unspecified atom stereocenters. The Hall–Kier alpha value is -3.11. The van der Waals surface area contributed by atoms with E-state index in [1.165, 1.54) is 18.3 Å². The first kappa shape index (κ1) is 14.8. The minimum absolute atomic E-state index is 0.00365. The molecule has 6 nitrogen and oxygen atoms in total. The molecule has 0 saturated heterocycles. The molecule has 0 bridgehead atoms. The monoisotopic (exact) mass is 325 g/mol. The first-order valence-corrected chi connectivity index (χ1v) is 8.12. The van der Waals surface area contributed by atoms with E-state index in [1.807, 2.05) is 36.4 Å². The molecule has 1 heterocycles. The number of nitriles is 1. The lowest BCUT2D eigenvalue weighted by molar-refractivity contribution is 0.435. The maximum Gasteiger partial charge on any atom is 0.265 e. The van der Waals surface area contributed by atoms with Crippen LogP contribution in [0.3, 0.4) is 0 Å². The van der Waals surface area contributed by atoms with E-state index in [4.69, 9.17) is 9.78 Å². The Kier molecular flexibility index (Phi) is 3.83. The van der Waals surface area contributed by atoms with Crippen LogP contribution in [0.25, 0.3) is 11.1 Å². The van der Waals surface area contributed by atoms with E-state index in [1.54, 1.807) is 12.1 Å². The lowest BCUT2D eigenvalue weighted by atomic mass is 10.1. The van der Waals surface area contributed by atoms with E-state index in [0.29, 0.717) is 5.56 Å². The van der Waals surface area contributed by atoms with Gasteiger partial charge in [0.2, 0.25) is 5.88 Å². The van der Waals surface area contributed by atoms with Crippen molar-refractivity contribution in [3.63, 3.8) is 0 Å². The van der Waals surface area contributed by atoms with Crippen molar-refractivity contribution in [2.75, 3.05) is 4.72 Å². The third-order valence-corrected chi connectivity index (χ3v) is 4.57. The molecule has 0 aliphatic heterocycles. The highest BCUT2D eigenvalue weighted by molar-refractivity contribution is 7.92. The average Bonchev–Trinajstić information content (AvgIpc) is 3.03. The van der Waals surface area contributed by atoms with E-state index < -0.39 is 10.0 Å². The average molecular weight is 325 g/mol. The summed E-state index contributed by atoms with van der Waals surface area (Å²) >= 11 is 0. The minimum Gasteiger partial charge on any atom is -0.337 e. The van der Waals surface area contributed by atoms with Gasteiger partial charge in [-0.05, 0) is 17.7 Å². The molecule has 23 heavy (non-hydrogen) atoms. The Morgan fingerprint density at radius 3 is 2.48 bits per heavy atom. The maximum atomic E-state index is 12.5. The summed E-state index contributed by atoms with van der Waals surface area (Å²) < 4.78 is 32.4. The number of hydrogen-bond donors (Lipinski definition) is 1. The molecule has 0 saturated carbocycles. The predicted molar refractivity (Wildman–Crippen MR) is 83.9 cm³/mol. The van der Waals surface area contributed by atoms with Crippen LogP contribution in [0.15, 0.2) is 70.2 Å². The van der Waals surface area contributed by atoms with Gasteiger partial charge in [0.15, 0.2) is 0 Å². The summed E-state index contributed by atoms with van der Waals surface area (Å²) in [5, 5.41) is 12.7. The Bertz CT molecular complexity index is 973. The third kappa shape index (κ3) is 2.93. The molecular weight excluding hydrogens is 314 g/mol. The fourth-order valence-electron chi connectivity index (χ4n) is 2.11. The molecule has 3 rings (SSSR count). The highest BCUT2D eigenvalue weighted by atomic mass is 32.2. The number of benzene rings is 2. The van der Waals surface area contributed by atoms with Gasteiger partial charge in [-0.25, -0.2) is 13.1 Å². The Morgan fingerprint density at radius 1 is 1.04 bits per heavy atom. The van der Waals surface area contributed by atoms with E-state index in [0.717, 1.165) is 5.56 Å². The van der Waals surface area contributed by atoms with Crippen LogP contribution in [-0.2, 0) is 10.0 Å². The van der Waals surface area contributed by atoms with Crippen molar-refractivity contribution in [1.82, 2.24) is 5.16 Å². The Morgan fingerprint density at radius 2 is 1.74 bits per heavy atom. The number of nitrogens with one attached hydrogen (secondary N) is 1. The summed E-state index contributed by atoms with van der Waals surface area (Å²) in [4.78, 5) is -0.113. The van der Waals surface area contributed by atoms with Crippen molar-refractivity contribution in [2.45, 2.75) is 4.90 Å². The van der Waals surface area contributed by atoms with Gasteiger partial charge >= 0.3 is 0 Å². The van der Waals surface area contributed by atoms with Crippen molar-refractivity contribution >= 4 is 15.9 Å². The lowest BCUT2D eigenvalue weighted by Crippen LogP contribution is -2.14. The quantitative estimate of drug-likeness (QED) is 0.795. The van der Waals surface area contributed by atoms with Gasteiger partial charge in [0.1, 0.15) is 11.0 Å². The number of rotatable bonds is 4. The van der Waals surface area contributed by atoms with E-state index >= 15 is 0 Å². The van der Waals surface area contributed by atoms with Crippen LogP contribution in [0.4, 0.5) is 5.88 Å². The minimum atomic E-state index is -3.96. The van der Waals surface area contributed by atoms with Crippen molar-refractivity contribution in [1.29, 1.82) is 5.26 Å². The van der Waals surface area contributed by atoms with Gasteiger partial charge in [-0.3, -0.25) is 0 Å². The molecule has 0 aliphatic rings. The first-order chi connectivity index (χ1) is 11.1. The smallest absolute Gasteiger partial charge is 0.265 e. The normalized spacial score (nSPS) is 10.9. The standard InChI is InChI=1S/C16H11N3O3S/c17-10-13-8-4-5-9-15(13)23(20,21)19-16-14(11-18-22-16)12-6-2-1-3-7-12/h1-9,11,19H. The number of sulfonamides is 1. The van der Waals surface area contributed by atoms with Gasteiger partial charge in [-0.15, -0.1) is 0 Å². The summed E-state index contributed by atoms with van der Waals surface area (Å²) in [6.45, 7) is 0. The van der Waals surface area contributed by atoms with Crippen molar-refractivity contribution in [3.8, 4) is 17.2 Å². The fraction of sp³-hybridized carbons (Fsp3) is 0. The number of aromatic nitrogens is 1. The number of hydrogen-bond acceptors (Lipinski definition) is 5. The van der Waals surface area contributed by atoms with Gasteiger partial charge in [0.25, 0.3) is 10.0 Å². The lowest BCUT2D eigenvalue weighted by Gasteiger charge is -2.08. The predicted octanol–water partition coefficient (Wildman–Crippen LogP) is 3.01. The summed E-state index contributed by atoms with van der Waals surface area (Å²) in [5.41, 5.74) is 1.34. The van der Waals surface area contributed by atoms with Crippen molar-refractivity contribution in [2.24, 2.45) is 0 Å². The molecule has 1 N–H and O–H groups in total. The van der Waals surface area contributed by atoms with E-state index in [2.05, 4.69) is 9.88 Å². The summed E-state index contributed by atoms with van der Waals surface area (Å²) in [6, 6.07) is 16.9. The summed E-state index contributed by atoms with van der Waals surface area (Å²) in [7, 11) is -3.96. The van der Waals surface area contributed by atoms with Gasteiger partial charge < -0.3 is 4.52 Å². The molecule has 0 spiro atoms. The summed E-state index contributed by atoms with van der Waals surface area (Å²) in [6.07, 6.45) is 1.43. The topological polar surface area (TPSA) is 96.0 Å². The number of anilines is 1. The second kappa shape index (κ2) is 5.94. The Labute approximate surface area is 133 Å². The highest BCUT2D eigenvalue weighted by Gasteiger charge is 2.22. The van der Waals surface area contributed by atoms with Gasteiger partial charge in [-0.1, -0.05) is 47.6 Å². The van der Waals surface area contributed by atoms with Crippen LogP contribution in [0.1, 0.15) is 5.56 Å². The summed E-state index contributed by atoms with van der Waals surface area (Å²) in [5.74, 6) is 0.00365. The van der Waals surface area contributed by atoms with Crippen LogP contribution in [0.5, 0.6) is 0 Å². The van der Waals surface area contributed by atoms with Crippen LogP contribution in [0, 0.1) is 11.3 Å². The third-order valence-electron chi connectivity index (χ3n) is 3.18. The zero-order valence-electron chi connectivity index (χ0n) is 11.8. The second-order valence-electron chi connectivity index (χ2n) is 4.65. The Balaban J connectivity index is 2.00. The van der Waals surface area contributed by atoms with Crippen molar-refractivity contribution < 1.29 is 12.9 Å². The fourth-order valence-corrected chi connectivity index (χ4v) is 3.27. The van der Waals surface area contributed by atoms with Gasteiger partial charge in [-0.2, -0.15) is 5.26 Å². The molecule has 0 radical (unpaired) electrons. The van der Waals surface area contributed by atoms with E-state index in [9.17, 15) is 8.42 Å². The molecule has 3 aromatic rings. The molecule has 1 aromatic heterocycles. The molecule has 0 amide bonds. The molecule has 2 aromatic carbocycles. The molecule has 0 aliphatic carbocycles. The molecule has 0 fully saturated rings. The highest BCUT2D eigenvalue weighted by Crippen LogP contribution is 2.29. The number of nitrogens with zero attached hydrogens (tertiary/aromatic N) is 2. The van der Waals surface area contributed by atoms with Crippen LogP contribution in [-0.4, -0.2) is 13.6 Å². The zero-order chi connectivity index (χ0) is 16.3. The van der Waals surface area contributed by atoms with Gasteiger partial charge in [0.05, 0.1) is 17.3 Å². The zero-order valence-corrected chi connectivity index (χ0v) is 12.6. The largest absolute Gasteiger partial charge is 0.337 e. The SMILES string of the molecule is N#Cc1ccccc1S(=O)(=O)Nc1oncc1-c1ccccc1. The first-order valence-electron chi connectivity index (χ1n) is 6.64. The van der Waals surface area contributed by atoms with Crippen LogP contribution >= 0.6 is 0 Å². The molecule has 0 atom stereocenters. The second-order valence-corrected chi connectivity index (χ2v) is 6.30. The van der Waals surface area contributed by atoms with E-state index in [-0.39, 0.29) is 16.3 Å². The molecule has 114 valence electrons. The molecular formula is C16H11N3O3S. The van der Waals surface area contributed by atoms with Crippen LogP contribution < -0.4 is 4.72 Å². The maximum absolute atomic E-state index is 12.5.